The predicted molar refractivity (Wildman–Crippen MR) is 87.7 cm³/mol. The Bertz CT molecular complexity index is 846. The standard InChI is InChI=1S/C14H11Cl2NO3S2/c15-12-7-9(13(16)21-12)14(18)17-10-5-6-22(19,20)11-4-2-1-3-8(10)11/h1-4,7,10H,5-6H2,(H,17,18). The van der Waals surface area contributed by atoms with Gasteiger partial charge in [-0.3, -0.25) is 4.79 Å². The Labute approximate surface area is 142 Å². The molecule has 1 N–H and O–H groups in total. The summed E-state index contributed by atoms with van der Waals surface area (Å²) in [7, 11) is -3.28. The van der Waals surface area contributed by atoms with Gasteiger partial charge in [0.15, 0.2) is 9.84 Å². The number of thiophene rings is 1. The van der Waals surface area contributed by atoms with Crippen molar-refractivity contribution in [2.75, 3.05) is 5.75 Å². The number of amides is 1. The highest BCUT2D eigenvalue weighted by Crippen LogP contribution is 2.34. The van der Waals surface area contributed by atoms with Crippen LogP contribution >= 0.6 is 34.5 Å². The summed E-state index contributed by atoms with van der Waals surface area (Å²) in [5.74, 6) is -0.347. The zero-order chi connectivity index (χ0) is 15.9. The van der Waals surface area contributed by atoms with Gasteiger partial charge in [0.05, 0.1) is 26.6 Å². The molecular weight excluding hydrogens is 365 g/mol. The highest BCUT2D eigenvalue weighted by Gasteiger charge is 2.31. The van der Waals surface area contributed by atoms with Crippen LogP contribution < -0.4 is 5.32 Å². The van der Waals surface area contributed by atoms with Gasteiger partial charge < -0.3 is 5.32 Å². The number of fused-ring (bicyclic) bond motifs is 1. The highest BCUT2D eigenvalue weighted by atomic mass is 35.5. The van der Waals surface area contributed by atoms with E-state index in [-0.39, 0.29) is 22.6 Å². The number of nitrogens with one attached hydrogen (secondary N) is 1. The average molecular weight is 376 g/mol. The Morgan fingerprint density at radius 3 is 2.68 bits per heavy atom. The Morgan fingerprint density at radius 1 is 1.27 bits per heavy atom. The van der Waals surface area contributed by atoms with E-state index in [0.29, 0.717) is 26.2 Å². The van der Waals surface area contributed by atoms with E-state index < -0.39 is 9.84 Å². The van der Waals surface area contributed by atoms with Crippen LogP contribution in [-0.2, 0) is 9.84 Å². The molecule has 2 aromatic rings. The summed E-state index contributed by atoms with van der Waals surface area (Å²) in [6.07, 6.45) is 0.334. The van der Waals surface area contributed by atoms with E-state index in [9.17, 15) is 13.2 Å². The first kappa shape index (κ1) is 15.8. The third-order valence-corrected chi connectivity index (χ3v) is 6.81. The van der Waals surface area contributed by atoms with Crippen molar-refractivity contribution in [3.8, 4) is 0 Å². The Morgan fingerprint density at radius 2 is 2.00 bits per heavy atom. The predicted octanol–water partition coefficient (Wildman–Crippen LogP) is 3.70. The van der Waals surface area contributed by atoms with Crippen LogP contribution in [0.15, 0.2) is 35.2 Å². The molecular formula is C14H11Cl2NO3S2. The molecule has 0 bridgehead atoms. The van der Waals surface area contributed by atoms with E-state index in [2.05, 4.69) is 5.32 Å². The van der Waals surface area contributed by atoms with Crippen LogP contribution in [0.3, 0.4) is 0 Å². The van der Waals surface area contributed by atoms with Gasteiger partial charge in [-0.1, -0.05) is 41.4 Å². The van der Waals surface area contributed by atoms with E-state index in [1.807, 2.05) is 0 Å². The summed E-state index contributed by atoms with van der Waals surface area (Å²) >= 11 is 12.9. The lowest BCUT2D eigenvalue weighted by Crippen LogP contribution is -2.33. The maximum atomic E-state index is 12.3. The van der Waals surface area contributed by atoms with Crippen LogP contribution in [0.25, 0.3) is 0 Å². The quantitative estimate of drug-likeness (QED) is 0.869. The van der Waals surface area contributed by atoms with Gasteiger partial charge >= 0.3 is 0 Å². The zero-order valence-electron chi connectivity index (χ0n) is 11.2. The van der Waals surface area contributed by atoms with Crippen molar-refractivity contribution in [2.24, 2.45) is 0 Å². The molecule has 1 aromatic carbocycles. The number of carbonyl (C=O) groups excluding carboxylic acids is 1. The molecule has 4 nitrogen and oxygen atoms in total. The second kappa shape index (κ2) is 5.85. The van der Waals surface area contributed by atoms with Crippen molar-refractivity contribution in [1.29, 1.82) is 0 Å². The van der Waals surface area contributed by atoms with Gasteiger partial charge in [0.2, 0.25) is 0 Å². The van der Waals surface area contributed by atoms with Crippen LogP contribution in [0.2, 0.25) is 8.67 Å². The Kier molecular flexibility index (Phi) is 4.20. The van der Waals surface area contributed by atoms with E-state index in [0.717, 1.165) is 11.3 Å². The van der Waals surface area contributed by atoms with E-state index in [1.54, 1.807) is 24.3 Å². The Hall–Kier alpha value is -1.08. The molecule has 1 aliphatic rings. The van der Waals surface area contributed by atoms with Gasteiger partial charge in [0, 0.05) is 0 Å². The molecule has 22 heavy (non-hydrogen) atoms. The molecule has 0 saturated heterocycles. The summed E-state index contributed by atoms with van der Waals surface area (Å²) in [4.78, 5) is 12.6. The Balaban J connectivity index is 1.91. The largest absolute Gasteiger partial charge is 0.345 e. The maximum Gasteiger partial charge on any atom is 0.254 e. The third kappa shape index (κ3) is 2.88. The smallest absolute Gasteiger partial charge is 0.254 e. The van der Waals surface area contributed by atoms with Gasteiger partial charge in [0.1, 0.15) is 4.34 Å². The minimum absolute atomic E-state index is 0.00703. The van der Waals surface area contributed by atoms with Crippen LogP contribution in [0.4, 0.5) is 0 Å². The van der Waals surface area contributed by atoms with Crippen LogP contribution in [-0.4, -0.2) is 20.1 Å². The fraction of sp³-hybridized carbons (Fsp3) is 0.214. The SMILES string of the molecule is O=C(NC1CCS(=O)(=O)c2ccccc21)c1cc(Cl)sc1Cl. The van der Waals surface area contributed by atoms with Crippen LogP contribution in [0, 0.1) is 0 Å². The minimum atomic E-state index is -3.28. The average Bonchev–Trinajstić information content (AvgIpc) is 2.81. The number of halogens is 2. The number of hydrogen-bond acceptors (Lipinski definition) is 4. The van der Waals surface area contributed by atoms with E-state index >= 15 is 0 Å². The summed E-state index contributed by atoms with van der Waals surface area (Å²) in [5.41, 5.74) is 0.919. The van der Waals surface area contributed by atoms with Gasteiger partial charge in [0.25, 0.3) is 5.91 Å². The molecule has 1 aromatic heterocycles. The third-order valence-electron chi connectivity index (χ3n) is 3.51. The summed E-state index contributed by atoms with van der Waals surface area (Å²) < 4.78 is 24.9. The van der Waals surface area contributed by atoms with Gasteiger partial charge in [-0.2, -0.15) is 0 Å². The molecule has 1 unspecified atom stereocenters. The monoisotopic (exact) mass is 375 g/mol. The summed E-state index contributed by atoms with van der Waals surface area (Å²) in [6, 6.07) is 7.87. The molecule has 0 radical (unpaired) electrons. The molecule has 2 heterocycles. The molecule has 1 amide bonds. The topological polar surface area (TPSA) is 63.2 Å². The molecule has 1 atom stereocenters. The second-order valence-electron chi connectivity index (χ2n) is 4.91. The van der Waals surface area contributed by atoms with Gasteiger partial charge in [-0.25, -0.2) is 8.42 Å². The fourth-order valence-electron chi connectivity index (χ4n) is 2.47. The van der Waals surface area contributed by atoms with Crippen molar-refractivity contribution >= 4 is 50.3 Å². The summed E-state index contributed by atoms with van der Waals surface area (Å²) in [5, 5.41) is 2.84. The number of hydrogen-bond donors (Lipinski definition) is 1. The molecule has 1 aliphatic heterocycles. The molecule has 0 fully saturated rings. The van der Waals surface area contributed by atoms with E-state index in [4.69, 9.17) is 23.2 Å². The fourth-order valence-corrected chi connectivity index (χ4v) is 5.55. The molecule has 8 heteroatoms. The number of benzene rings is 1. The number of rotatable bonds is 2. The first-order valence-corrected chi connectivity index (χ1v) is 9.68. The lowest BCUT2D eigenvalue weighted by atomic mass is 10.0. The summed E-state index contributed by atoms with van der Waals surface area (Å²) in [6.45, 7) is 0. The first-order chi connectivity index (χ1) is 10.4. The zero-order valence-corrected chi connectivity index (χ0v) is 14.3. The normalized spacial score (nSPS) is 19.5. The minimum Gasteiger partial charge on any atom is -0.345 e. The van der Waals surface area contributed by atoms with Crippen LogP contribution in [0.5, 0.6) is 0 Å². The van der Waals surface area contributed by atoms with E-state index in [1.165, 1.54) is 6.07 Å². The van der Waals surface area contributed by atoms with Crippen molar-refractivity contribution < 1.29 is 13.2 Å². The molecule has 116 valence electrons. The highest BCUT2D eigenvalue weighted by molar-refractivity contribution is 7.91. The van der Waals surface area contributed by atoms with Crippen molar-refractivity contribution in [3.05, 3.63) is 50.1 Å². The van der Waals surface area contributed by atoms with Crippen molar-refractivity contribution in [2.45, 2.75) is 17.4 Å². The van der Waals surface area contributed by atoms with Crippen molar-refractivity contribution in [1.82, 2.24) is 5.32 Å². The second-order valence-corrected chi connectivity index (χ2v) is 9.27. The first-order valence-electron chi connectivity index (χ1n) is 6.46. The van der Waals surface area contributed by atoms with Gasteiger partial charge in [-0.05, 0) is 24.1 Å². The van der Waals surface area contributed by atoms with Crippen molar-refractivity contribution in [3.63, 3.8) is 0 Å². The molecule has 0 aliphatic carbocycles. The van der Waals surface area contributed by atoms with Gasteiger partial charge in [-0.15, -0.1) is 11.3 Å². The maximum absolute atomic E-state index is 12.3. The molecule has 0 spiro atoms. The van der Waals surface area contributed by atoms with Crippen LogP contribution in [0.1, 0.15) is 28.4 Å². The molecule has 0 saturated carbocycles. The molecule has 3 rings (SSSR count). The number of sulfone groups is 1. The number of carbonyl (C=O) groups is 1. The lowest BCUT2D eigenvalue weighted by Gasteiger charge is -2.26. The lowest BCUT2D eigenvalue weighted by molar-refractivity contribution is 0.0935.